The van der Waals surface area contributed by atoms with E-state index in [2.05, 4.69) is 15.9 Å². The summed E-state index contributed by atoms with van der Waals surface area (Å²) in [7, 11) is 0. The van der Waals surface area contributed by atoms with Crippen molar-refractivity contribution in [2.24, 2.45) is 0 Å². The summed E-state index contributed by atoms with van der Waals surface area (Å²) in [5, 5.41) is 9.05. The molecule has 0 radical (unpaired) electrons. The number of benzene rings is 2. The molecule has 18 heavy (non-hydrogen) atoms. The molecule has 0 aliphatic rings. The van der Waals surface area contributed by atoms with Crippen LogP contribution in [-0.2, 0) is 0 Å². The van der Waals surface area contributed by atoms with Crippen molar-refractivity contribution in [3.8, 4) is 11.1 Å². The van der Waals surface area contributed by atoms with Gasteiger partial charge in [-0.25, -0.2) is 9.18 Å². The fourth-order valence-corrected chi connectivity index (χ4v) is 2.11. The molecule has 92 valence electrons. The second kappa shape index (κ2) is 4.90. The van der Waals surface area contributed by atoms with Crippen LogP contribution in [0.15, 0.2) is 40.9 Å². The molecular weight excluding hydrogens is 299 g/mol. The third-order valence-corrected chi connectivity index (χ3v) is 3.38. The van der Waals surface area contributed by atoms with Crippen molar-refractivity contribution >= 4 is 21.9 Å². The number of carbonyl (C=O) groups is 1. The zero-order valence-electron chi connectivity index (χ0n) is 9.58. The van der Waals surface area contributed by atoms with Gasteiger partial charge in [-0.15, -0.1) is 0 Å². The fraction of sp³-hybridized carbons (Fsp3) is 0.0714. The quantitative estimate of drug-likeness (QED) is 0.900. The van der Waals surface area contributed by atoms with Gasteiger partial charge in [-0.3, -0.25) is 0 Å². The van der Waals surface area contributed by atoms with Gasteiger partial charge in [0.2, 0.25) is 0 Å². The van der Waals surface area contributed by atoms with Gasteiger partial charge in [0, 0.05) is 4.47 Å². The van der Waals surface area contributed by atoms with E-state index in [1.165, 1.54) is 6.07 Å². The molecule has 1 N–H and O–H groups in total. The highest BCUT2D eigenvalue weighted by atomic mass is 79.9. The van der Waals surface area contributed by atoms with Crippen LogP contribution >= 0.6 is 15.9 Å². The van der Waals surface area contributed by atoms with E-state index in [4.69, 9.17) is 5.11 Å². The van der Waals surface area contributed by atoms with E-state index in [0.717, 1.165) is 11.1 Å². The van der Waals surface area contributed by atoms with Crippen LogP contribution in [-0.4, -0.2) is 11.1 Å². The van der Waals surface area contributed by atoms with Gasteiger partial charge < -0.3 is 5.11 Å². The summed E-state index contributed by atoms with van der Waals surface area (Å²) < 4.78 is 13.7. The molecule has 0 aromatic heterocycles. The predicted octanol–water partition coefficient (Wildman–Crippen LogP) is 4.26. The molecule has 0 heterocycles. The van der Waals surface area contributed by atoms with Crippen LogP contribution in [0.1, 0.15) is 15.9 Å². The lowest BCUT2D eigenvalue weighted by Crippen LogP contribution is -1.98. The molecule has 2 aromatic rings. The van der Waals surface area contributed by atoms with Crippen molar-refractivity contribution in [1.29, 1.82) is 0 Å². The van der Waals surface area contributed by atoms with Gasteiger partial charge in [0.25, 0.3) is 0 Å². The van der Waals surface area contributed by atoms with E-state index < -0.39 is 5.97 Å². The average Bonchev–Trinajstić information content (AvgIpc) is 2.33. The monoisotopic (exact) mass is 308 g/mol. The first-order valence-corrected chi connectivity index (χ1v) is 6.07. The van der Waals surface area contributed by atoms with Crippen molar-refractivity contribution in [3.63, 3.8) is 0 Å². The normalized spacial score (nSPS) is 10.4. The second-order valence-electron chi connectivity index (χ2n) is 3.96. The van der Waals surface area contributed by atoms with Crippen LogP contribution < -0.4 is 0 Å². The molecule has 0 aliphatic carbocycles. The first kappa shape index (κ1) is 12.8. The summed E-state index contributed by atoms with van der Waals surface area (Å²) in [6, 6.07) is 9.76. The lowest BCUT2D eigenvalue weighted by atomic mass is 10.0. The van der Waals surface area contributed by atoms with Gasteiger partial charge in [-0.2, -0.15) is 0 Å². The standard InChI is InChI=1S/C14H10BrFO2/c1-8-6-9(3-5-13(8)16)10-2-4-12(15)11(7-10)14(17)18/h2-7H,1H3,(H,17,18). The van der Waals surface area contributed by atoms with Crippen LogP contribution in [0.2, 0.25) is 0 Å². The molecule has 0 amide bonds. The lowest BCUT2D eigenvalue weighted by Gasteiger charge is -2.06. The summed E-state index contributed by atoms with van der Waals surface area (Å²) in [5.74, 6) is -1.27. The Kier molecular flexibility index (Phi) is 3.48. The van der Waals surface area contributed by atoms with Crippen LogP contribution in [0.25, 0.3) is 11.1 Å². The Morgan fingerprint density at radius 1 is 1.17 bits per heavy atom. The number of hydrogen-bond acceptors (Lipinski definition) is 1. The Hall–Kier alpha value is -1.68. The Morgan fingerprint density at radius 2 is 1.78 bits per heavy atom. The topological polar surface area (TPSA) is 37.3 Å². The van der Waals surface area contributed by atoms with Crippen LogP contribution in [0.3, 0.4) is 0 Å². The lowest BCUT2D eigenvalue weighted by molar-refractivity contribution is 0.0696. The highest BCUT2D eigenvalue weighted by Crippen LogP contribution is 2.26. The molecule has 0 saturated carbocycles. The third kappa shape index (κ3) is 2.43. The molecule has 2 nitrogen and oxygen atoms in total. The summed E-state index contributed by atoms with van der Waals surface area (Å²) in [4.78, 5) is 11.0. The Bertz CT molecular complexity index is 623. The molecular formula is C14H10BrFO2. The maximum Gasteiger partial charge on any atom is 0.336 e. The smallest absolute Gasteiger partial charge is 0.336 e. The molecule has 2 aromatic carbocycles. The maximum atomic E-state index is 13.2. The van der Waals surface area contributed by atoms with Gasteiger partial charge in [0.05, 0.1) is 5.56 Å². The fourth-order valence-electron chi connectivity index (χ4n) is 1.69. The van der Waals surface area contributed by atoms with Crippen LogP contribution in [0.4, 0.5) is 4.39 Å². The summed E-state index contributed by atoms with van der Waals surface area (Å²) in [6.07, 6.45) is 0. The molecule has 4 heteroatoms. The zero-order chi connectivity index (χ0) is 13.3. The second-order valence-corrected chi connectivity index (χ2v) is 4.82. The minimum absolute atomic E-state index is 0.189. The SMILES string of the molecule is Cc1cc(-c2ccc(Br)c(C(=O)O)c2)ccc1F. The molecule has 2 rings (SSSR count). The van der Waals surface area contributed by atoms with Crippen molar-refractivity contribution in [2.75, 3.05) is 0 Å². The Labute approximate surface area is 112 Å². The van der Waals surface area contributed by atoms with Crippen LogP contribution in [0.5, 0.6) is 0 Å². The largest absolute Gasteiger partial charge is 0.478 e. The summed E-state index contributed by atoms with van der Waals surface area (Å²) in [5.41, 5.74) is 2.27. The van der Waals surface area contributed by atoms with Crippen molar-refractivity contribution in [3.05, 3.63) is 57.8 Å². The van der Waals surface area contributed by atoms with Crippen molar-refractivity contribution < 1.29 is 14.3 Å². The Balaban J connectivity index is 2.54. The van der Waals surface area contributed by atoms with Gasteiger partial charge in [-0.05, 0) is 63.8 Å². The highest BCUT2D eigenvalue weighted by Gasteiger charge is 2.10. The van der Waals surface area contributed by atoms with E-state index in [-0.39, 0.29) is 11.4 Å². The van der Waals surface area contributed by atoms with Crippen molar-refractivity contribution in [2.45, 2.75) is 6.92 Å². The minimum Gasteiger partial charge on any atom is -0.478 e. The molecule has 0 bridgehead atoms. The molecule has 0 fully saturated rings. The first-order chi connectivity index (χ1) is 8.49. The molecule has 0 spiro atoms. The number of aryl methyl sites for hydroxylation is 1. The number of aromatic carboxylic acids is 1. The van der Waals surface area contributed by atoms with E-state index in [0.29, 0.717) is 10.0 Å². The van der Waals surface area contributed by atoms with Gasteiger partial charge in [0.15, 0.2) is 0 Å². The van der Waals surface area contributed by atoms with E-state index in [9.17, 15) is 9.18 Å². The van der Waals surface area contributed by atoms with Gasteiger partial charge in [-0.1, -0.05) is 12.1 Å². The van der Waals surface area contributed by atoms with Gasteiger partial charge >= 0.3 is 5.97 Å². The molecule has 0 saturated heterocycles. The minimum atomic E-state index is -0.998. The molecule has 0 aliphatic heterocycles. The van der Waals surface area contributed by atoms with E-state index >= 15 is 0 Å². The Morgan fingerprint density at radius 3 is 2.39 bits per heavy atom. The summed E-state index contributed by atoms with van der Waals surface area (Å²) in [6.45, 7) is 1.68. The molecule has 0 atom stereocenters. The van der Waals surface area contributed by atoms with E-state index in [1.807, 2.05) is 0 Å². The van der Waals surface area contributed by atoms with Crippen molar-refractivity contribution in [1.82, 2.24) is 0 Å². The zero-order valence-corrected chi connectivity index (χ0v) is 11.2. The number of rotatable bonds is 2. The average molecular weight is 309 g/mol. The predicted molar refractivity (Wildman–Crippen MR) is 71.2 cm³/mol. The number of hydrogen-bond donors (Lipinski definition) is 1. The van der Waals surface area contributed by atoms with Crippen LogP contribution in [0, 0.1) is 12.7 Å². The highest BCUT2D eigenvalue weighted by molar-refractivity contribution is 9.10. The molecule has 0 unspecified atom stereocenters. The first-order valence-electron chi connectivity index (χ1n) is 5.28. The van der Waals surface area contributed by atoms with Gasteiger partial charge in [0.1, 0.15) is 5.82 Å². The third-order valence-electron chi connectivity index (χ3n) is 2.69. The number of carboxylic acids is 1. The van der Waals surface area contributed by atoms with E-state index in [1.54, 1.807) is 37.3 Å². The number of halogens is 2. The number of carboxylic acid groups (broad SMARTS) is 1. The summed E-state index contributed by atoms with van der Waals surface area (Å²) >= 11 is 3.19. The maximum absolute atomic E-state index is 13.2.